The van der Waals surface area contributed by atoms with Crippen LogP contribution in [0.1, 0.15) is 12.8 Å². The van der Waals surface area contributed by atoms with Gasteiger partial charge in [-0.3, -0.25) is 0 Å². The van der Waals surface area contributed by atoms with Crippen LogP contribution in [-0.2, 0) is 0 Å². The number of benzene rings is 1. The molecule has 0 unspecified atom stereocenters. The highest BCUT2D eigenvalue weighted by molar-refractivity contribution is 5.46. The molecule has 1 aromatic carbocycles. The molecular formula is C12H16FNO. The lowest BCUT2D eigenvalue weighted by Crippen LogP contribution is -2.28. The maximum Gasteiger partial charge on any atom is 0.125 e. The van der Waals surface area contributed by atoms with Crippen molar-refractivity contribution in [2.45, 2.75) is 12.8 Å². The summed E-state index contributed by atoms with van der Waals surface area (Å²) in [6.07, 6.45) is 2.52. The van der Waals surface area contributed by atoms with Crippen molar-refractivity contribution in [3.8, 4) is 0 Å². The van der Waals surface area contributed by atoms with Crippen LogP contribution in [0.3, 0.4) is 0 Å². The lowest BCUT2D eigenvalue weighted by atomic mass is 10.2. The molecule has 1 aliphatic rings. The first-order valence-corrected chi connectivity index (χ1v) is 5.41. The summed E-state index contributed by atoms with van der Waals surface area (Å²) in [4.78, 5) is 2.06. The van der Waals surface area contributed by atoms with Gasteiger partial charge < -0.3 is 10.0 Å². The highest BCUT2D eigenvalue weighted by Crippen LogP contribution is 2.31. The smallest absolute Gasteiger partial charge is 0.125 e. The summed E-state index contributed by atoms with van der Waals surface area (Å²) in [6.45, 7) is 1.63. The normalized spacial score (nSPS) is 15.3. The Morgan fingerprint density at radius 2 is 2.20 bits per heavy atom. The number of halogens is 1. The fraction of sp³-hybridized carbons (Fsp3) is 0.500. The molecule has 1 saturated carbocycles. The Morgan fingerprint density at radius 1 is 1.40 bits per heavy atom. The quantitative estimate of drug-likeness (QED) is 0.802. The molecule has 1 aliphatic carbocycles. The number of nitrogens with zero attached hydrogens (tertiary/aromatic N) is 1. The number of hydrogen-bond acceptors (Lipinski definition) is 2. The second kappa shape index (κ2) is 4.62. The van der Waals surface area contributed by atoms with E-state index in [1.807, 2.05) is 6.07 Å². The van der Waals surface area contributed by atoms with Gasteiger partial charge in [0.2, 0.25) is 0 Å². The minimum Gasteiger partial charge on any atom is -0.395 e. The van der Waals surface area contributed by atoms with Crippen LogP contribution in [0.5, 0.6) is 0 Å². The van der Waals surface area contributed by atoms with E-state index in [1.54, 1.807) is 6.07 Å². The van der Waals surface area contributed by atoms with Crippen molar-refractivity contribution in [1.82, 2.24) is 0 Å². The van der Waals surface area contributed by atoms with Crippen LogP contribution in [0.2, 0.25) is 0 Å². The van der Waals surface area contributed by atoms with Gasteiger partial charge in [-0.2, -0.15) is 0 Å². The molecule has 2 nitrogen and oxygen atoms in total. The Balaban J connectivity index is 2.07. The van der Waals surface area contributed by atoms with E-state index >= 15 is 0 Å². The molecule has 0 heterocycles. The van der Waals surface area contributed by atoms with Crippen LogP contribution in [0.15, 0.2) is 24.3 Å². The molecule has 2 rings (SSSR count). The van der Waals surface area contributed by atoms with E-state index in [1.165, 1.54) is 25.0 Å². The molecule has 0 radical (unpaired) electrons. The largest absolute Gasteiger partial charge is 0.395 e. The molecule has 15 heavy (non-hydrogen) atoms. The van der Waals surface area contributed by atoms with Crippen molar-refractivity contribution in [3.63, 3.8) is 0 Å². The zero-order valence-electron chi connectivity index (χ0n) is 8.69. The van der Waals surface area contributed by atoms with Crippen LogP contribution < -0.4 is 4.90 Å². The van der Waals surface area contributed by atoms with Crippen molar-refractivity contribution in [3.05, 3.63) is 30.1 Å². The molecule has 1 fully saturated rings. The fourth-order valence-electron chi connectivity index (χ4n) is 1.73. The Hall–Kier alpha value is -1.09. The van der Waals surface area contributed by atoms with E-state index in [0.717, 1.165) is 18.2 Å². The second-order valence-electron chi connectivity index (χ2n) is 4.09. The van der Waals surface area contributed by atoms with Gasteiger partial charge in [-0.05, 0) is 37.0 Å². The zero-order chi connectivity index (χ0) is 10.7. The zero-order valence-corrected chi connectivity index (χ0v) is 8.69. The highest BCUT2D eigenvalue weighted by Gasteiger charge is 2.24. The summed E-state index contributed by atoms with van der Waals surface area (Å²) in [6, 6.07) is 6.57. The molecular weight excluding hydrogens is 193 g/mol. The monoisotopic (exact) mass is 209 g/mol. The van der Waals surface area contributed by atoms with Crippen LogP contribution in [0, 0.1) is 11.7 Å². The summed E-state index contributed by atoms with van der Waals surface area (Å²) in [5, 5.41) is 8.97. The number of hydrogen-bond donors (Lipinski definition) is 1. The summed E-state index contributed by atoms with van der Waals surface area (Å²) in [5.41, 5.74) is 0.871. The third-order valence-electron chi connectivity index (χ3n) is 2.72. The molecule has 0 atom stereocenters. The number of anilines is 1. The van der Waals surface area contributed by atoms with Crippen molar-refractivity contribution in [2.24, 2.45) is 5.92 Å². The summed E-state index contributed by atoms with van der Waals surface area (Å²) in [5.74, 6) is 0.519. The van der Waals surface area contributed by atoms with Crippen LogP contribution in [0.4, 0.5) is 10.1 Å². The van der Waals surface area contributed by atoms with Crippen molar-refractivity contribution in [2.75, 3.05) is 24.6 Å². The first-order chi connectivity index (χ1) is 7.29. The van der Waals surface area contributed by atoms with E-state index in [0.29, 0.717) is 6.54 Å². The number of aliphatic hydroxyl groups is 1. The maximum absolute atomic E-state index is 13.0. The number of aliphatic hydroxyl groups excluding tert-OH is 1. The van der Waals surface area contributed by atoms with Crippen LogP contribution in [0.25, 0.3) is 0 Å². The third kappa shape index (κ3) is 2.93. The highest BCUT2D eigenvalue weighted by atomic mass is 19.1. The lowest BCUT2D eigenvalue weighted by molar-refractivity contribution is 0.301. The maximum atomic E-state index is 13.0. The summed E-state index contributed by atoms with van der Waals surface area (Å²) < 4.78 is 13.0. The van der Waals surface area contributed by atoms with Gasteiger partial charge >= 0.3 is 0 Å². The average molecular weight is 209 g/mol. The predicted molar refractivity (Wildman–Crippen MR) is 58.4 cm³/mol. The summed E-state index contributed by atoms with van der Waals surface area (Å²) >= 11 is 0. The average Bonchev–Trinajstić information content (AvgIpc) is 3.01. The van der Waals surface area contributed by atoms with Gasteiger partial charge in [0.25, 0.3) is 0 Å². The predicted octanol–water partition coefficient (Wildman–Crippen LogP) is 2.03. The van der Waals surface area contributed by atoms with Gasteiger partial charge in [0.05, 0.1) is 6.61 Å². The first-order valence-electron chi connectivity index (χ1n) is 5.41. The molecule has 1 N–H and O–H groups in total. The van der Waals surface area contributed by atoms with E-state index in [4.69, 9.17) is 5.11 Å². The minimum absolute atomic E-state index is 0.114. The van der Waals surface area contributed by atoms with Crippen molar-refractivity contribution >= 4 is 5.69 Å². The molecule has 0 spiro atoms. The number of rotatable bonds is 5. The fourth-order valence-corrected chi connectivity index (χ4v) is 1.73. The van der Waals surface area contributed by atoms with Crippen LogP contribution in [-0.4, -0.2) is 24.8 Å². The molecule has 1 aromatic rings. The molecule has 82 valence electrons. The Kier molecular flexibility index (Phi) is 3.21. The summed E-state index contributed by atoms with van der Waals surface area (Å²) in [7, 11) is 0. The van der Waals surface area contributed by atoms with Crippen molar-refractivity contribution < 1.29 is 9.50 Å². The van der Waals surface area contributed by atoms with Gasteiger partial charge in [0.1, 0.15) is 5.82 Å². The van der Waals surface area contributed by atoms with Crippen molar-refractivity contribution in [1.29, 1.82) is 0 Å². The Labute approximate surface area is 89.3 Å². The van der Waals surface area contributed by atoms with E-state index < -0.39 is 0 Å². The molecule has 0 saturated heterocycles. The van der Waals surface area contributed by atoms with Gasteiger partial charge in [-0.1, -0.05) is 6.07 Å². The molecule has 0 aliphatic heterocycles. The third-order valence-corrected chi connectivity index (χ3v) is 2.72. The molecule has 0 bridgehead atoms. The lowest BCUT2D eigenvalue weighted by Gasteiger charge is -2.23. The van der Waals surface area contributed by atoms with E-state index in [2.05, 4.69) is 4.90 Å². The van der Waals surface area contributed by atoms with Crippen LogP contribution >= 0.6 is 0 Å². The van der Waals surface area contributed by atoms with Gasteiger partial charge in [-0.15, -0.1) is 0 Å². The van der Waals surface area contributed by atoms with Gasteiger partial charge in [0.15, 0.2) is 0 Å². The van der Waals surface area contributed by atoms with E-state index in [-0.39, 0.29) is 12.4 Å². The topological polar surface area (TPSA) is 23.5 Å². The first kappa shape index (κ1) is 10.4. The van der Waals surface area contributed by atoms with Gasteiger partial charge in [0, 0.05) is 18.8 Å². The molecule has 0 aromatic heterocycles. The standard InChI is InChI=1S/C12H16FNO/c13-11-2-1-3-12(8-11)14(6-7-15)9-10-4-5-10/h1-3,8,10,15H,4-7,9H2. The Bertz CT molecular complexity index is 325. The Morgan fingerprint density at radius 3 is 2.80 bits per heavy atom. The van der Waals surface area contributed by atoms with E-state index in [9.17, 15) is 4.39 Å². The second-order valence-corrected chi connectivity index (χ2v) is 4.09. The van der Waals surface area contributed by atoms with Gasteiger partial charge in [-0.25, -0.2) is 4.39 Å². The molecule has 0 amide bonds. The molecule has 3 heteroatoms. The SMILES string of the molecule is OCCN(CC1CC1)c1cccc(F)c1. The minimum atomic E-state index is -0.216.